The van der Waals surface area contributed by atoms with Gasteiger partial charge in [-0.1, -0.05) is 17.7 Å². The van der Waals surface area contributed by atoms with E-state index >= 15 is 0 Å². The minimum atomic E-state index is -4.72. The average molecular weight is 494 g/mol. The van der Waals surface area contributed by atoms with Crippen molar-refractivity contribution in [2.45, 2.75) is 17.3 Å². The minimum Gasteiger partial charge on any atom is -0.335 e. The topological polar surface area (TPSA) is 87.9 Å². The molecule has 3 aromatic rings. The first-order valence-corrected chi connectivity index (χ1v) is 11.7. The molecule has 0 bridgehead atoms. The van der Waals surface area contributed by atoms with Crippen molar-refractivity contribution in [3.05, 3.63) is 45.7 Å². The number of thiophene rings is 1. The summed E-state index contributed by atoms with van der Waals surface area (Å²) in [5.74, 6) is -0.686. The zero-order chi connectivity index (χ0) is 22.6. The molecule has 0 saturated carbocycles. The molecule has 4 heterocycles. The number of alkyl halides is 3. The van der Waals surface area contributed by atoms with Gasteiger partial charge in [-0.05, 0) is 24.4 Å². The van der Waals surface area contributed by atoms with Crippen LogP contribution in [0.25, 0.3) is 5.65 Å². The molecular weight excluding hydrogens is 479 g/mol. The lowest BCUT2D eigenvalue weighted by atomic mass is 10.3. The lowest BCUT2D eigenvalue weighted by Crippen LogP contribution is -2.50. The molecule has 0 aromatic carbocycles. The summed E-state index contributed by atoms with van der Waals surface area (Å²) in [6.45, 7) is 1.57. The minimum absolute atomic E-state index is 0.0438. The Kier molecular flexibility index (Phi) is 5.48. The zero-order valence-electron chi connectivity index (χ0n) is 15.9. The molecule has 1 amide bonds. The normalized spacial score (nSPS) is 16.2. The maximum Gasteiger partial charge on any atom is 0.433 e. The number of piperazine rings is 1. The van der Waals surface area contributed by atoms with Gasteiger partial charge in [0.25, 0.3) is 15.9 Å². The van der Waals surface area contributed by atoms with Gasteiger partial charge in [-0.25, -0.2) is 17.9 Å². The van der Waals surface area contributed by atoms with Gasteiger partial charge in [-0.2, -0.15) is 22.6 Å². The maximum absolute atomic E-state index is 13.4. The van der Waals surface area contributed by atoms with E-state index in [4.69, 9.17) is 11.6 Å². The van der Waals surface area contributed by atoms with Crippen molar-refractivity contribution in [3.63, 3.8) is 0 Å². The van der Waals surface area contributed by atoms with Gasteiger partial charge in [0.15, 0.2) is 11.3 Å². The number of aromatic nitrogens is 3. The van der Waals surface area contributed by atoms with E-state index in [0.29, 0.717) is 4.52 Å². The van der Waals surface area contributed by atoms with E-state index in [1.165, 1.54) is 22.2 Å². The first kappa shape index (κ1) is 22.0. The molecule has 1 aliphatic heterocycles. The molecule has 0 radical (unpaired) electrons. The second-order valence-electron chi connectivity index (χ2n) is 6.81. The van der Waals surface area contributed by atoms with Gasteiger partial charge >= 0.3 is 6.18 Å². The number of halogens is 4. The Bertz CT molecular complexity index is 1250. The first-order chi connectivity index (χ1) is 14.5. The van der Waals surface area contributed by atoms with Gasteiger partial charge in [-0.3, -0.25) is 4.79 Å². The molecule has 14 heteroatoms. The second kappa shape index (κ2) is 7.73. The highest BCUT2D eigenvalue weighted by Crippen LogP contribution is 2.32. The van der Waals surface area contributed by atoms with Crippen molar-refractivity contribution in [1.29, 1.82) is 0 Å². The van der Waals surface area contributed by atoms with Crippen LogP contribution in [-0.2, 0) is 16.2 Å². The number of carbonyl (C=O) groups is 1. The monoisotopic (exact) mass is 493 g/mol. The molecule has 1 saturated heterocycles. The molecule has 0 spiro atoms. The number of hydrogen-bond acceptors (Lipinski definition) is 6. The Morgan fingerprint density at radius 1 is 1.23 bits per heavy atom. The summed E-state index contributed by atoms with van der Waals surface area (Å²) >= 11 is 7.27. The van der Waals surface area contributed by atoms with Crippen molar-refractivity contribution in [1.82, 2.24) is 23.8 Å². The van der Waals surface area contributed by atoms with Gasteiger partial charge in [0, 0.05) is 31.9 Å². The summed E-state index contributed by atoms with van der Waals surface area (Å²) in [4.78, 5) is 18.2. The number of rotatable bonds is 3. The number of fused-ring (bicyclic) bond motifs is 1. The number of amides is 1. The lowest BCUT2D eigenvalue weighted by molar-refractivity contribution is -0.142. The molecule has 8 nitrogen and oxygen atoms in total. The zero-order valence-corrected chi connectivity index (χ0v) is 18.3. The van der Waals surface area contributed by atoms with E-state index in [2.05, 4.69) is 10.1 Å². The number of aryl methyl sites for hydroxylation is 1. The third kappa shape index (κ3) is 3.90. The number of carbonyl (C=O) groups excluding carboxylic acids is 1. The van der Waals surface area contributed by atoms with Crippen LogP contribution in [0.3, 0.4) is 0 Å². The summed E-state index contributed by atoms with van der Waals surface area (Å²) in [6.07, 6.45) is -4.72. The molecule has 31 heavy (non-hydrogen) atoms. The van der Waals surface area contributed by atoms with Gasteiger partial charge in [-0.15, -0.1) is 11.3 Å². The van der Waals surface area contributed by atoms with Crippen molar-refractivity contribution >= 4 is 44.5 Å². The standard InChI is InChI=1S/C17H15ClF3N5O3S2/c1-10-9-11(17(19,20)21)26-15(22-10)13(18)14(23-26)16(27)24-4-6-25(7-5-24)31(28,29)12-3-2-8-30-12/h2-3,8-9H,4-7H2,1H3. The van der Waals surface area contributed by atoms with Crippen LogP contribution in [0, 0.1) is 6.92 Å². The molecular formula is C17H15ClF3N5O3S2. The van der Waals surface area contributed by atoms with Crippen molar-refractivity contribution in [2.24, 2.45) is 0 Å². The molecule has 3 aromatic heterocycles. The SMILES string of the molecule is Cc1cc(C(F)(F)F)n2nc(C(=O)N3CCN(S(=O)(=O)c4cccs4)CC3)c(Cl)c2n1. The predicted octanol–water partition coefficient (Wildman–Crippen LogP) is 2.92. The highest BCUT2D eigenvalue weighted by Gasteiger charge is 2.37. The quantitative estimate of drug-likeness (QED) is 0.560. The van der Waals surface area contributed by atoms with Crippen LogP contribution in [0.15, 0.2) is 27.8 Å². The summed E-state index contributed by atoms with van der Waals surface area (Å²) in [5.41, 5.74) is -1.65. The number of nitrogens with zero attached hydrogens (tertiary/aromatic N) is 5. The van der Waals surface area contributed by atoms with Gasteiger partial charge < -0.3 is 4.90 Å². The molecule has 0 aliphatic carbocycles. The Balaban J connectivity index is 1.59. The summed E-state index contributed by atoms with van der Waals surface area (Å²) in [6, 6.07) is 3.95. The summed E-state index contributed by atoms with van der Waals surface area (Å²) in [7, 11) is -3.65. The van der Waals surface area contributed by atoms with Crippen LogP contribution in [0.4, 0.5) is 13.2 Å². The highest BCUT2D eigenvalue weighted by molar-refractivity contribution is 7.91. The van der Waals surface area contributed by atoms with E-state index < -0.39 is 27.8 Å². The van der Waals surface area contributed by atoms with E-state index in [1.807, 2.05) is 0 Å². The van der Waals surface area contributed by atoms with Crippen LogP contribution in [0.1, 0.15) is 21.9 Å². The van der Waals surface area contributed by atoms with E-state index in [1.54, 1.807) is 11.4 Å². The fraction of sp³-hybridized carbons (Fsp3) is 0.353. The van der Waals surface area contributed by atoms with Crippen molar-refractivity contribution in [2.75, 3.05) is 26.2 Å². The van der Waals surface area contributed by atoms with E-state index in [9.17, 15) is 26.4 Å². The Hall–Kier alpha value is -2.22. The lowest BCUT2D eigenvalue weighted by Gasteiger charge is -2.33. The van der Waals surface area contributed by atoms with Gasteiger partial charge in [0.05, 0.1) is 0 Å². The number of hydrogen-bond donors (Lipinski definition) is 0. The number of sulfonamides is 1. The second-order valence-corrected chi connectivity index (χ2v) is 10.3. The van der Waals surface area contributed by atoms with Crippen LogP contribution in [0.5, 0.6) is 0 Å². The Labute approximate surface area is 183 Å². The highest BCUT2D eigenvalue weighted by atomic mass is 35.5. The third-order valence-electron chi connectivity index (χ3n) is 4.77. The van der Waals surface area contributed by atoms with E-state index in [-0.39, 0.29) is 52.4 Å². The summed E-state index contributed by atoms with van der Waals surface area (Å²) < 4.78 is 67.3. The van der Waals surface area contributed by atoms with Crippen LogP contribution in [-0.4, -0.2) is 64.3 Å². The van der Waals surface area contributed by atoms with Crippen molar-refractivity contribution in [3.8, 4) is 0 Å². The fourth-order valence-corrected chi connectivity index (χ4v) is 6.08. The van der Waals surface area contributed by atoms with Crippen LogP contribution < -0.4 is 0 Å². The largest absolute Gasteiger partial charge is 0.433 e. The molecule has 0 unspecified atom stereocenters. The molecule has 1 fully saturated rings. The first-order valence-electron chi connectivity index (χ1n) is 8.96. The molecule has 0 N–H and O–H groups in total. The predicted molar refractivity (Wildman–Crippen MR) is 107 cm³/mol. The van der Waals surface area contributed by atoms with Crippen LogP contribution in [0.2, 0.25) is 5.02 Å². The molecule has 166 valence electrons. The maximum atomic E-state index is 13.4. The van der Waals surface area contributed by atoms with Crippen molar-refractivity contribution < 1.29 is 26.4 Å². The average Bonchev–Trinajstić information content (AvgIpc) is 3.36. The summed E-state index contributed by atoms with van der Waals surface area (Å²) in [5, 5.41) is 5.16. The smallest absolute Gasteiger partial charge is 0.335 e. The Morgan fingerprint density at radius 2 is 1.90 bits per heavy atom. The third-order valence-corrected chi connectivity index (χ3v) is 8.39. The van der Waals surface area contributed by atoms with E-state index in [0.717, 1.165) is 17.4 Å². The molecule has 1 aliphatic rings. The van der Waals surface area contributed by atoms with Gasteiger partial charge in [0.1, 0.15) is 14.9 Å². The van der Waals surface area contributed by atoms with Gasteiger partial charge in [0.2, 0.25) is 0 Å². The fourth-order valence-electron chi connectivity index (χ4n) is 3.27. The molecule has 4 rings (SSSR count). The van der Waals surface area contributed by atoms with Crippen LogP contribution >= 0.6 is 22.9 Å². The molecule has 0 atom stereocenters. The Morgan fingerprint density at radius 3 is 2.48 bits per heavy atom.